The highest BCUT2D eigenvalue weighted by atomic mass is 15.1. The molecule has 0 atom stereocenters. The zero-order valence-electron chi connectivity index (χ0n) is 11.4. The van der Waals surface area contributed by atoms with E-state index in [4.69, 9.17) is 0 Å². The lowest BCUT2D eigenvalue weighted by atomic mass is 9.87. The third-order valence-corrected chi connectivity index (χ3v) is 3.54. The first-order valence-corrected chi connectivity index (χ1v) is 6.79. The van der Waals surface area contributed by atoms with Crippen LogP contribution in [-0.2, 0) is 12.0 Å². The molecule has 1 aromatic rings. The smallest absolute Gasteiger partial charge is 0.0233 e. The molecule has 2 rings (SSSR count). The van der Waals surface area contributed by atoms with E-state index in [1.165, 1.54) is 43.5 Å². The maximum Gasteiger partial charge on any atom is 0.0233 e. The molecule has 1 saturated heterocycles. The van der Waals surface area contributed by atoms with E-state index in [0.717, 1.165) is 6.54 Å². The first kappa shape index (κ1) is 12.6. The first-order valence-electron chi connectivity index (χ1n) is 6.79. The summed E-state index contributed by atoms with van der Waals surface area (Å²) in [5.41, 5.74) is 2.92. The van der Waals surface area contributed by atoms with E-state index >= 15 is 0 Å². The number of likely N-dealkylation sites (tertiary alicyclic amines) is 1. The van der Waals surface area contributed by atoms with E-state index in [1.807, 2.05) is 0 Å². The van der Waals surface area contributed by atoms with Crippen molar-refractivity contribution in [3.8, 4) is 0 Å². The summed E-state index contributed by atoms with van der Waals surface area (Å²) in [5, 5.41) is 0. The van der Waals surface area contributed by atoms with Crippen molar-refractivity contribution < 1.29 is 0 Å². The lowest BCUT2D eigenvalue weighted by Gasteiger charge is -2.26. The van der Waals surface area contributed by atoms with E-state index in [-0.39, 0.29) is 5.41 Å². The molecule has 0 aliphatic carbocycles. The summed E-state index contributed by atoms with van der Waals surface area (Å²) in [6.07, 6.45) is 4.14. The number of benzene rings is 1. The van der Waals surface area contributed by atoms with Crippen molar-refractivity contribution in [1.29, 1.82) is 0 Å². The van der Waals surface area contributed by atoms with Crippen LogP contribution in [0.15, 0.2) is 18.2 Å². The number of hydrogen-bond acceptors (Lipinski definition) is 1. The number of hydrogen-bond donors (Lipinski definition) is 0. The van der Waals surface area contributed by atoms with Gasteiger partial charge in [-0.3, -0.25) is 4.90 Å². The Bertz CT molecular complexity index is 339. The Morgan fingerprint density at radius 3 is 2.35 bits per heavy atom. The maximum absolute atomic E-state index is 3.44. The van der Waals surface area contributed by atoms with Gasteiger partial charge in [0.25, 0.3) is 0 Å². The van der Waals surface area contributed by atoms with Gasteiger partial charge in [0.2, 0.25) is 0 Å². The second-order valence-corrected chi connectivity index (χ2v) is 6.20. The van der Waals surface area contributed by atoms with Gasteiger partial charge in [0.15, 0.2) is 0 Å². The van der Waals surface area contributed by atoms with E-state index in [1.54, 1.807) is 0 Å². The van der Waals surface area contributed by atoms with Crippen LogP contribution in [0.4, 0.5) is 0 Å². The van der Waals surface area contributed by atoms with Crippen molar-refractivity contribution in [2.24, 2.45) is 0 Å². The average Bonchev–Trinajstić information content (AvgIpc) is 2.30. The van der Waals surface area contributed by atoms with Crippen LogP contribution in [0.5, 0.6) is 0 Å². The summed E-state index contributed by atoms with van der Waals surface area (Å²) in [7, 11) is 0. The molecule has 93 valence electrons. The summed E-state index contributed by atoms with van der Waals surface area (Å²) >= 11 is 0. The number of rotatable bonds is 2. The molecule has 0 saturated carbocycles. The molecular formula is C16H24N. The van der Waals surface area contributed by atoms with Gasteiger partial charge in [-0.25, -0.2) is 0 Å². The third-order valence-electron chi connectivity index (χ3n) is 3.54. The average molecular weight is 230 g/mol. The molecule has 0 spiro atoms. The van der Waals surface area contributed by atoms with E-state index in [2.05, 4.69) is 49.9 Å². The highest BCUT2D eigenvalue weighted by molar-refractivity contribution is 5.26. The molecular weight excluding hydrogens is 206 g/mol. The molecule has 0 bridgehead atoms. The Hall–Kier alpha value is -0.820. The van der Waals surface area contributed by atoms with Crippen molar-refractivity contribution >= 4 is 0 Å². The molecule has 1 heterocycles. The predicted octanol–water partition coefficient (Wildman–Crippen LogP) is 3.77. The van der Waals surface area contributed by atoms with Gasteiger partial charge in [0.05, 0.1) is 0 Å². The van der Waals surface area contributed by atoms with Crippen molar-refractivity contribution in [2.45, 2.75) is 52.0 Å². The van der Waals surface area contributed by atoms with Crippen LogP contribution < -0.4 is 0 Å². The van der Waals surface area contributed by atoms with Crippen LogP contribution in [0.1, 0.15) is 51.2 Å². The second kappa shape index (κ2) is 5.22. The highest BCUT2D eigenvalue weighted by Gasteiger charge is 2.14. The van der Waals surface area contributed by atoms with Crippen LogP contribution in [-0.4, -0.2) is 18.0 Å². The molecule has 17 heavy (non-hydrogen) atoms. The fourth-order valence-corrected chi connectivity index (χ4v) is 2.40. The standard InChI is InChI=1S/C16H24N/c1-16(2,3)15-9-7-14(8-10-15)13-17-11-5-4-6-12-17/h7-9H,4-6,11-13H2,1-3H3. The molecule has 0 unspecified atom stereocenters. The molecule has 1 nitrogen and oxygen atoms in total. The lowest BCUT2D eigenvalue weighted by Crippen LogP contribution is -2.29. The van der Waals surface area contributed by atoms with Crippen molar-refractivity contribution in [2.75, 3.05) is 13.1 Å². The van der Waals surface area contributed by atoms with Gasteiger partial charge in [-0.1, -0.05) is 39.3 Å². The molecule has 1 fully saturated rings. The predicted molar refractivity (Wildman–Crippen MR) is 73.1 cm³/mol. The molecule has 1 aromatic carbocycles. The minimum atomic E-state index is 0.212. The minimum absolute atomic E-state index is 0.212. The number of piperidine rings is 1. The zero-order chi connectivity index (χ0) is 12.3. The fraction of sp³-hybridized carbons (Fsp3) is 0.625. The Morgan fingerprint density at radius 2 is 1.82 bits per heavy atom. The van der Waals surface area contributed by atoms with Crippen LogP contribution in [0.2, 0.25) is 0 Å². The fourth-order valence-electron chi connectivity index (χ4n) is 2.40. The van der Waals surface area contributed by atoms with Gasteiger partial charge < -0.3 is 0 Å². The Labute approximate surface area is 106 Å². The van der Waals surface area contributed by atoms with E-state index in [9.17, 15) is 0 Å². The summed E-state index contributed by atoms with van der Waals surface area (Å²) in [6.45, 7) is 10.3. The summed E-state index contributed by atoms with van der Waals surface area (Å²) < 4.78 is 0. The van der Waals surface area contributed by atoms with E-state index < -0.39 is 0 Å². The summed E-state index contributed by atoms with van der Waals surface area (Å²) in [5.74, 6) is 0. The molecule has 1 aliphatic rings. The van der Waals surface area contributed by atoms with Gasteiger partial charge in [0, 0.05) is 6.54 Å². The van der Waals surface area contributed by atoms with Crippen molar-refractivity contribution in [1.82, 2.24) is 4.90 Å². The Kier molecular flexibility index (Phi) is 3.88. The second-order valence-electron chi connectivity index (χ2n) is 6.20. The summed E-state index contributed by atoms with van der Waals surface area (Å²) in [4.78, 5) is 2.56. The van der Waals surface area contributed by atoms with Crippen molar-refractivity contribution in [3.05, 3.63) is 35.4 Å². The molecule has 1 aliphatic heterocycles. The summed E-state index contributed by atoms with van der Waals surface area (Å²) in [6, 6.07) is 10.1. The largest absolute Gasteiger partial charge is 0.299 e. The maximum atomic E-state index is 3.44. The molecule has 0 aromatic heterocycles. The minimum Gasteiger partial charge on any atom is -0.299 e. The number of nitrogens with zero attached hydrogens (tertiary/aromatic N) is 1. The molecule has 0 N–H and O–H groups in total. The van der Waals surface area contributed by atoms with Gasteiger partial charge in [0.1, 0.15) is 0 Å². The lowest BCUT2D eigenvalue weighted by molar-refractivity contribution is 0.221. The zero-order valence-corrected chi connectivity index (χ0v) is 11.4. The van der Waals surface area contributed by atoms with Crippen LogP contribution in [0, 0.1) is 6.07 Å². The van der Waals surface area contributed by atoms with Gasteiger partial charge in [-0.2, -0.15) is 0 Å². The SMILES string of the molecule is CC(C)(C)c1[c]cc(CN2CCCCC2)cc1. The molecule has 1 radical (unpaired) electrons. The monoisotopic (exact) mass is 230 g/mol. The van der Waals surface area contributed by atoms with Gasteiger partial charge in [-0.05, 0) is 54.6 Å². The normalized spacial score (nSPS) is 18.3. The highest BCUT2D eigenvalue weighted by Crippen LogP contribution is 2.22. The molecule has 1 heteroatoms. The topological polar surface area (TPSA) is 3.24 Å². The van der Waals surface area contributed by atoms with Gasteiger partial charge in [-0.15, -0.1) is 0 Å². The Balaban J connectivity index is 1.98. The van der Waals surface area contributed by atoms with Gasteiger partial charge >= 0.3 is 0 Å². The van der Waals surface area contributed by atoms with Crippen LogP contribution >= 0.6 is 0 Å². The van der Waals surface area contributed by atoms with Crippen LogP contribution in [0.25, 0.3) is 0 Å². The van der Waals surface area contributed by atoms with E-state index in [0.29, 0.717) is 0 Å². The van der Waals surface area contributed by atoms with Crippen molar-refractivity contribution in [3.63, 3.8) is 0 Å². The van der Waals surface area contributed by atoms with Crippen LogP contribution in [0.3, 0.4) is 0 Å². The Morgan fingerprint density at radius 1 is 1.12 bits per heavy atom. The molecule has 0 amide bonds. The first-order chi connectivity index (χ1) is 8.05. The third kappa shape index (κ3) is 3.57. The quantitative estimate of drug-likeness (QED) is 0.747.